The lowest BCUT2D eigenvalue weighted by atomic mass is 10.0. The number of allylic oxidation sites excluding steroid dienone is 10. The Hall–Kier alpha value is -2.44. The van der Waals surface area contributed by atoms with Gasteiger partial charge in [0.1, 0.15) is 6.10 Å². The summed E-state index contributed by atoms with van der Waals surface area (Å²) in [5, 5.41) is 23.7. The SMILES string of the molecule is CCCCC/C=C\C/C=C\C/C=C\C/C=C\CCCCCC(=O)OC(CCCCCCC/C=C/CCCCCCCC)CC(=O)NC(CO)C(O)CCCCCCCCCCCC. The van der Waals surface area contributed by atoms with E-state index in [-0.39, 0.29) is 24.9 Å². The minimum Gasteiger partial charge on any atom is -0.462 e. The number of rotatable bonds is 48. The zero-order chi connectivity index (χ0) is 45.9. The molecule has 0 radical (unpaired) electrons. The van der Waals surface area contributed by atoms with Crippen molar-refractivity contribution in [2.24, 2.45) is 0 Å². The van der Waals surface area contributed by atoms with Gasteiger partial charge in [-0.1, -0.05) is 216 Å². The fourth-order valence-corrected chi connectivity index (χ4v) is 7.94. The van der Waals surface area contributed by atoms with Crippen LogP contribution in [-0.2, 0) is 14.3 Å². The average molecular weight is 882 g/mol. The standard InChI is InChI=1S/C57H103NO5/c1-4-7-10-13-16-19-22-24-26-27-28-29-31-33-35-38-41-44-47-50-57(62)63-53(48-45-42-39-36-34-32-30-25-23-20-17-14-11-8-5-2)51-56(61)58-54(52-59)55(60)49-46-43-40-37-21-18-15-12-9-6-3/h16,19,24-26,28-30,33,35,53-55,59-60H,4-15,17-18,20-23,27,31-32,34,36-52H2,1-3H3,(H,58,61)/b19-16-,26-24-,29-28-,30-25+,35-33-. The van der Waals surface area contributed by atoms with Crippen LogP contribution in [0.25, 0.3) is 0 Å². The maximum absolute atomic E-state index is 13.2. The predicted octanol–water partition coefficient (Wildman–Crippen LogP) is 16.4. The fraction of sp³-hybridized carbons (Fsp3) is 0.789. The number of nitrogens with one attached hydrogen (secondary N) is 1. The molecule has 0 spiro atoms. The van der Waals surface area contributed by atoms with Gasteiger partial charge < -0.3 is 20.3 Å². The van der Waals surface area contributed by atoms with Crippen molar-refractivity contribution in [3.63, 3.8) is 0 Å². The summed E-state index contributed by atoms with van der Waals surface area (Å²) in [6.07, 6.45) is 62.8. The first-order valence-corrected chi connectivity index (χ1v) is 27.0. The molecule has 0 aliphatic rings. The predicted molar refractivity (Wildman–Crippen MR) is 273 cm³/mol. The highest BCUT2D eigenvalue weighted by molar-refractivity contribution is 5.77. The molecule has 0 aromatic carbocycles. The Morgan fingerprint density at radius 2 is 0.810 bits per heavy atom. The highest BCUT2D eigenvalue weighted by atomic mass is 16.5. The second-order valence-corrected chi connectivity index (χ2v) is 18.3. The third-order valence-corrected chi connectivity index (χ3v) is 12.1. The van der Waals surface area contributed by atoms with Crippen molar-refractivity contribution in [1.82, 2.24) is 5.32 Å². The summed E-state index contributed by atoms with van der Waals surface area (Å²) in [6.45, 7) is 6.44. The van der Waals surface area contributed by atoms with Crippen LogP contribution >= 0.6 is 0 Å². The van der Waals surface area contributed by atoms with Crippen molar-refractivity contribution >= 4 is 11.9 Å². The first-order chi connectivity index (χ1) is 31.0. The molecule has 63 heavy (non-hydrogen) atoms. The Bertz CT molecular complexity index is 1130. The molecule has 6 heteroatoms. The Morgan fingerprint density at radius 1 is 0.460 bits per heavy atom. The Kier molecular flexibility index (Phi) is 48.6. The zero-order valence-corrected chi connectivity index (χ0v) is 41.7. The van der Waals surface area contributed by atoms with Gasteiger partial charge in [-0.05, 0) is 96.3 Å². The molecular weight excluding hydrogens is 779 g/mol. The van der Waals surface area contributed by atoms with E-state index in [1.807, 2.05) is 0 Å². The van der Waals surface area contributed by atoms with E-state index < -0.39 is 18.2 Å². The lowest BCUT2D eigenvalue weighted by Gasteiger charge is -2.24. The molecule has 3 N–H and O–H groups in total. The number of esters is 1. The van der Waals surface area contributed by atoms with E-state index in [9.17, 15) is 19.8 Å². The lowest BCUT2D eigenvalue weighted by Crippen LogP contribution is -2.46. The van der Waals surface area contributed by atoms with Gasteiger partial charge in [-0.25, -0.2) is 0 Å². The molecule has 0 saturated heterocycles. The first kappa shape index (κ1) is 60.6. The van der Waals surface area contributed by atoms with E-state index in [0.29, 0.717) is 19.3 Å². The molecule has 6 nitrogen and oxygen atoms in total. The minimum absolute atomic E-state index is 0.0582. The summed E-state index contributed by atoms with van der Waals surface area (Å²) in [7, 11) is 0. The summed E-state index contributed by atoms with van der Waals surface area (Å²) in [5.74, 6) is -0.515. The van der Waals surface area contributed by atoms with Crippen molar-refractivity contribution in [1.29, 1.82) is 0 Å². The van der Waals surface area contributed by atoms with Gasteiger partial charge in [-0.2, -0.15) is 0 Å². The van der Waals surface area contributed by atoms with Crippen LogP contribution in [0.1, 0.15) is 265 Å². The number of hydrogen-bond acceptors (Lipinski definition) is 5. The number of ether oxygens (including phenoxy) is 1. The molecule has 366 valence electrons. The van der Waals surface area contributed by atoms with Crippen LogP contribution < -0.4 is 5.32 Å². The molecule has 0 aliphatic carbocycles. The minimum atomic E-state index is -0.796. The van der Waals surface area contributed by atoms with Crippen LogP contribution in [0.4, 0.5) is 0 Å². The third kappa shape index (κ3) is 45.9. The Labute approximate surface area is 390 Å². The third-order valence-electron chi connectivity index (χ3n) is 12.1. The molecule has 0 saturated carbocycles. The second-order valence-electron chi connectivity index (χ2n) is 18.3. The summed E-state index contributed by atoms with van der Waals surface area (Å²) in [4.78, 5) is 26.2. The van der Waals surface area contributed by atoms with Gasteiger partial charge in [0.15, 0.2) is 0 Å². The average Bonchev–Trinajstić information content (AvgIpc) is 3.28. The second kappa shape index (κ2) is 50.6. The van der Waals surface area contributed by atoms with E-state index in [2.05, 4.69) is 86.8 Å². The van der Waals surface area contributed by atoms with Crippen molar-refractivity contribution in [2.75, 3.05) is 6.61 Å². The summed E-state index contributed by atoms with van der Waals surface area (Å²) < 4.78 is 5.93. The molecule has 0 fully saturated rings. The quantitative estimate of drug-likeness (QED) is 0.0321. The topological polar surface area (TPSA) is 95.9 Å². The zero-order valence-electron chi connectivity index (χ0n) is 41.7. The number of unbranched alkanes of at least 4 members (excludes halogenated alkanes) is 26. The molecular formula is C57H103NO5. The largest absolute Gasteiger partial charge is 0.462 e. The summed E-state index contributed by atoms with van der Waals surface area (Å²) in [5.41, 5.74) is 0. The van der Waals surface area contributed by atoms with Crippen molar-refractivity contribution in [3.8, 4) is 0 Å². The summed E-state index contributed by atoms with van der Waals surface area (Å²) >= 11 is 0. The number of hydrogen-bond donors (Lipinski definition) is 3. The number of aliphatic hydroxyl groups is 2. The van der Waals surface area contributed by atoms with E-state index in [0.717, 1.165) is 89.9 Å². The van der Waals surface area contributed by atoms with Gasteiger partial charge in [-0.15, -0.1) is 0 Å². The smallest absolute Gasteiger partial charge is 0.306 e. The van der Waals surface area contributed by atoms with Crippen LogP contribution in [0.3, 0.4) is 0 Å². The van der Waals surface area contributed by atoms with Gasteiger partial charge in [0, 0.05) is 6.42 Å². The van der Waals surface area contributed by atoms with Crippen molar-refractivity contribution in [3.05, 3.63) is 60.8 Å². The Morgan fingerprint density at radius 3 is 1.27 bits per heavy atom. The molecule has 1 amide bonds. The molecule has 0 bridgehead atoms. The fourth-order valence-electron chi connectivity index (χ4n) is 7.94. The van der Waals surface area contributed by atoms with Gasteiger partial charge >= 0.3 is 5.97 Å². The van der Waals surface area contributed by atoms with Crippen molar-refractivity contribution < 1.29 is 24.5 Å². The molecule has 0 aliphatic heterocycles. The van der Waals surface area contributed by atoms with E-state index in [1.165, 1.54) is 128 Å². The van der Waals surface area contributed by atoms with Crippen molar-refractivity contribution in [2.45, 2.75) is 283 Å². The molecule has 0 heterocycles. The number of aliphatic hydroxyl groups excluding tert-OH is 2. The van der Waals surface area contributed by atoms with Gasteiger partial charge in [0.2, 0.25) is 5.91 Å². The highest BCUT2D eigenvalue weighted by Gasteiger charge is 2.24. The molecule has 0 aromatic heterocycles. The molecule has 3 atom stereocenters. The van der Waals surface area contributed by atoms with Crippen LogP contribution in [0.5, 0.6) is 0 Å². The number of carbonyl (C=O) groups is 2. The molecule has 0 rings (SSSR count). The van der Waals surface area contributed by atoms with Crippen LogP contribution in [0, 0.1) is 0 Å². The van der Waals surface area contributed by atoms with Crippen LogP contribution in [0.2, 0.25) is 0 Å². The molecule has 0 aromatic rings. The van der Waals surface area contributed by atoms with Gasteiger partial charge in [0.25, 0.3) is 0 Å². The van der Waals surface area contributed by atoms with Crippen LogP contribution in [0.15, 0.2) is 60.8 Å². The van der Waals surface area contributed by atoms with Crippen LogP contribution in [-0.4, -0.2) is 46.9 Å². The monoisotopic (exact) mass is 882 g/mol. The summed E-state index contributed by atoms with van der Waals surface area (Å²) in [6, 6.07) is -0.711. The highest BCUT2D eigenvalue weighted by Crippen LogP contribution is 2.17. The maximum Gasteiger partial charge on any atom is 0.306 e. The van der Waals surface area contributed by atoms with E-state index in [1.54, 1.807) is 0 Å². The lowest BCUT2D eigenvalue weighted by molar-refractivity contribution is -0.151. The van der Waals surface area contributed by atoms with E-state index in [4.69, 9.17) is 4.74 Å². The van der Waals surface area contributed by atoms with Gasteiger partial charge in [-0.3, -0.25) is 9.59 Å². The number of amides is 1. The normalized spacial score (nSPS) is 13.7. The first-order valence-electron chi connectivity index (χ1n) is 27.0. The van der Waals surface area contributed by atoms with E-state index >= 15 is 0 Å². The Balaban J connectivity index is 4.63. The molecule has 3 unspecified atom stereocenters. The van der Waals surface area contributed by atoms with Gasteiger partial charge in [0.05, 0.1) is 25.2 Å². The maximum atomic E-state index is 13.2. The number of carbonyl (C=O) groups excluding carboxylic acids is 2.